The molecule has 4 fully saturated rings. The van der Waals surface area contributed by atoms with Gasteiger partial charge in [0.2, 0.25) is 0 Å². The maximum atomic E-state index is 13.3. The summed E-state index contributed by atoms with van der Waals surface area (Å²) in [4.78, 5) is 13.3. The van der Waals surface area contributed by atoms with Crippen LogP contribution >= 0.6 is 0 Å². The summed E-state index contributed by atoms with van der Waals surface area (Å²) in [6, 6.07) is 2.11. The molecule has 4 saturated carbocycles. The standard InChI is InChI=1S/C26H37N3O/c1-17-8-10-25(2)19(12-17)4-5-20-21-6-7-23(26(21,3)11-9-22(20)25)24(30)16-29-15-18(13-27)14-28-29/h14-15,17,19-23H,4-12,16H2,1-3H3/t17-,19+,20-,21-,22-,23+,25-,26-/m0/s1. The van der Waals surface area contributed by atoms with Crippen molar-refractivity contribution in [1.29, 1.82) is 5.26 Å². The van der Waals surface area contributed by atoms with E-state index in [1.807, 2.05) is 0 Å². The minimum Gasteiger partial charge on any atom is -0.297 e. The van der Waals surface area contributed by atoms with E-state index >= 15 is 0 Å². The van der Waals surface area contributed by atoms with Crippen LogP contribution in [-0.4, -0.2) is 15.6 Å². The van der Waals surface area contributed by atoms with Crippen LogP contribution < -0.4 is 0 Å². The van der Waals surface area contributed by atoms with Crippen molar-refractivity contribution in [3.05, 3.63) is 18.0 Å². The lowest BCUT2D eigenvalue weighted by Gasteiger charge is -2.61. The van der Waals surface area contributed by atoms with E-state index in [2.05, 4.69) is 31.9 Å². The molecule has 0 spiro atoms. The third-order valence-electron chi connectivity index (χ3n) is 10.4. The van der Waals surface area contributed by atoms with Crippen LogP contribution in [0.2, 0.25) is 0 Å². The predicted octanol–water partition coefficient (Wildman–Crippen LogP) is 5.62. The van der Waals surface area contributed by atoms with Gasteiger partial charge >= 0.3 is 0 Å². The molecule has 4 nitrogen and oxygen atoms in total. The van der Waals surface area contributed by atoms with Crippen molar-refractivity contribution in [3.63, 3.8) is 0 Å². The van der Waals surface area contributed by atoms with Crippen molar-refractivity contribution in [2.24, 2.45) is 46.3 Å². The Balaban J connectivity index is 1.34. The van der Waals surface area contributed by atoms with E-state index in [1.165, 1.54) is 51.4 Å². The van der Waals surface area contributed by atoms with E-state index in [4.69, 9.17) is 5.26 Å². The van der Waals surface area contributed by atoms with E-state index in [9.17, 15) is 4.79 Å². The van der Waals surface area contributed by atoms with E-state index in [0.717, 1.165) is 36.0 Å². The van der Waals surface area contributed by atoms with Crippen molar-refractivity contribution < 1.29 is 4.79 Å². The van der Waals surface area contributed by atoms with Crippen LogP contribution in [0.3, 0.4) is 0 Å². The maximum Gasteiger partial charge on any atom is 0.157 e. The number of Topliss-reactive ketones (excluding diaryl/α,β-unsaturated/α-hetero) is 1. The molecule has 30 heavy (non-hydrogen) atoms. The first-order valence-corrected chi connectivity index (χ1v) is 12.3. The number of ketones is 1. The number of hydrogen-bond donors (Lipinski definition) is 0. The number of aromatic nitrogens is 2. The number of nitrogens with zero attached hydrogens (tertiary/aromatic N) is 3. The molecule has 0 bridgehead atoms. The van der Waals surface area contributed by atoms with Crippen molar-refractivity contribution in [2.45, 2.75) is 85.1 Å². The topological polar surface area (TPSA) is 58.7 Å². The molecule has 0 aromatic carbocycles. The zero-order chi connectivity index (χ0) is 21.1. The second-order valence-corrected chi connectivity index (χ2v) is 11.7. The molecule has 4 aliphatic carbocycles. The largest absolute Gasteiger partial charge is 0.297 e. The van der Waals surface area contributed by atoms with Crippen LogP contribution in [0, 0.1) is 57.7 Å². The van der Waals surface area contributed by atoms with Crippen LogP contribution in [0.15, 0.2) is 12.4 Å². The van der Waals surface area contributed by atoms with E-state index in [-0.39, 0.29) is 11.3 Å². The quantitative estimate of drug-likeness (QED) is 0.653. The van der Waals surface area contributed by atoms with Crippen molar-refractivity contribution in [2.75, 3.05) is 0 Å². The van der Waals surface area contributed by atoms with E-state index in [0.29, 0.717) is 23.3 Å². The van der Waals surface area contributed by atoms with Crippen molar-refractivity contribution in [3.8, 4) is 6.07 Å². The Bertz CT molecular complexity index is 868. The summed E-state index contributed by atoms with van der Waals surface area (Å²) < 4.78 is 1.67. The number of nitriles is 1. The smallest absolute Gasteiger partial charge is 0.157 e. The molecular weight excluding hydrogens is 370 g/mol. The maximum absolute atomic E-state index is 13.3. The molecule has 1 aromatic rings. The van der Waals surface area contributed by atoms with Gasteiger partial charge in [-0.25, -0.2) is 0 Å². The predicted molar refractivity (Wildman–Crippen MR) is 116 cm³/mol. The van der Waals surface area contributed by atoms with Crippen molar-refractivity contribution in [1.82, 2.24) is 9.78 Å². The second kappa shape index (κ2) is 7.21. The monoisotopic (exact) mass is 407 g/mol. The Hall–Kier alpha value is -1.63. The number of hydrogen-bond acceptors (Lipinski definition) is 3. The summed E-state index contributed by atoms with van der Waals surface area (Å²) in [5, 5.41) is 13.3. The number of fused-ring (bicyclic) bond motifs is 5. The van der Waals surface area contributed by atoms with E-state index in [1.54, 1.807) is 17.1 Å². The molecule has 4 heteroatoms. The molecule has 162 valence electrons. The average molecular weight is 408 g/mol. The molecule has 0 amide bonds. The average Bonchev–Trinajstić information content (AvgIpc) is 3.32. The van der Waals surface area contributed by atoms with Gasteiger partial charge in [-0.05, 0) is 91.8 Å². The van der Waals surface area contributed by atoms with Crippen LogP contribution in [0.5, 0.6) is 0 Å². The molecule has 0 saturated heterocycles. The lowest BCUT2D eigenvalue weighted by Crippen LogP contribution is -2.53. The van der Waals surface area contributed by atoms with Crippen LogP contribution in [0.25, 0.3) is 0 Å². The Kier molecular flexibility index (Phi) is 4.88. The molecule has 0 radical (unpaired) electrons. The summed E-state index contributed by atoms with van der Waals surface area (Å²) in [5.41, 5.74) is 1.24. The Morgan fingerprint density at radius 3 is 2.67 bits per heavy atom. The lowest BCUT2D eigenvalue weighted by atomic mass is 9.44. The lowest BCUT2D eigenvalue weighted by molar-refractivity contribution is -0.137. The van der Waals surface area contributed by atoms with Gasteiger partial charge in [0, 0.05) is 12.1 Å². The van der Waals surface area contributed by atoms with Gasteiger partial charge in [0.05, 0.1) is 18.3 Å². The molecule has 5 rings (SSSR count). The third-order valence-corrected chi connectivity index (χ3v) is 10.4. The molecule has 1 aromatic heterocycles. The molecule has 0 unspecified atom stereocenters. The Labute approximate surface area is 181 Å². The summed E-state index contributed by atoms with van der Waals surface area (Å²) in [6.45, 7) is 7.84. The first-order chi connectivity index (χ1) is 14.3. The van der Waals surface area contributed by atoms with Gasteiger partial charge < -0.3 is 0 Å². The van der Waals surface area contributed by atoms with Gasteiger partial charge in [-0.3, -0.25) is 9.48 Å². The van der Waals surface area contributed by atoms with Gasteiger partial charge in [0.1, 0.15) is 6.07 Å². The molecule has 8 atom stereocenters. The van der Waals surface area contributed by atoms with Crippen LogP contribution in [-0.2, 0) is 11.3 Å². The highest BCUT2D eigenvalue weighted by Crippen LogP contribution is 2.67. The summed E-state index contributed by atoms with van der Waals surface area (Å²) in [5.74, 6) is 4.75. The SMILES string of the molecule is C[C@H]1CC[C@@]2(C)[C@H](CC[C@@H]3[C@@H]2CC[C@]2(C)[C@@H](C(=O)Cn4cc(C#N)cn4)CC[C@@H]32)C1. The first-order valence-electron chi connectivity index (χ1n) is 12.3. The zero-order valence-corrected chi connectivity index (χ0v) is 18.9. The second-order valence-electron chi connectivity index (χ2n) is 11.7. The fraction of sp³-hybridized carbons (Fsp3) is 0.808. The fourth-order valence-corrected chi connectivity index (χ4v) is 8.78. The fourth-order valence-electron chi connectivity index (χ4n) is 8.78. The summed E-state index contributed by atoms with van der Waals surface area (Å²) >= 11 is 0. The van der Waals surface area contributed by atoms with Gasteiger partial charge in [-0.1, -0.05) is 27.2 Å². The molecule has 1 heterocycles. The van der Waals surface area contributed by atoms with Crippen LogP contribution in [0.4, 0.5) is 0 Å². The minimum atomic E-state index is 0.161. The minimum absolute atomic E-state index is 0.161. The van der Waals surface area contributed by atoms with E-state index < -0.39 is 0 Å². The third kappa shape index (κ3) is 2.99. The number of rotatable bonds is 3. The Morgan fingerprint density at radius 2 is 1.90 bits per heavy atom. The first kappa shape index (κ1) is 20.3. The molecular formula is C26H37N3O. The van der Waals surface area contributed by atoms with Gasteiger partial charge in [0.25, 0.3) is 0 Å². The highest BCUT2D eigenvalue weighted by Gasteiger charge is 2.60. The highest BCUT2D eigenvalue weighted by molar-refractivity contribution is 5.82. The molecule has 0 aliphatic heterocycles. The highest BCUT2D eigenvalue weighted by atomic mass is 16.1. The van der Waals surface area contributed by atoms with Gasteiger partial charge in [-0.2, -0.15) is 10.4 Å². The summed E-state index contributed by atoms with van der Waals surface area (Å²) in [6.07, 6.45) is 15.2. The van der Waals surface area contributed by atoms with Crippen molar-refractivity contribution >= 4 is 5.78 Å². The molecule has 0 N–H and O–H groups in total. The van der Waals surface area contributed by atoms with Gasteiger partial charge in [0.15, 0.2) is 5.78 Å². The summed E-state index contributed by atoms with van der Waals surface area (Å²) in [7, 11) is 0. The molecule has 4 aliphatic rings. The Morgan fingerprint density at radius 1 is 1.13 bits per heavy atom. The van der Waals surface area contributed by atoms with Crippen LogP contribution in [0.1, 0.15) is 84.1 Å². The zero-order valence-electron chi connectivity index (χ0n) is 18.9. The van der Waals surface area contributed by atoms with Gasteiger partial charge in [-0.15, -0.1) is 0 Å². The normalized spacial score (nSPS) is 45.1. The number of carbonyl (C=O) groups is 1. The number of carbonyl (C=O) groups excluding carboxylic acids is 1.